The van der Waals surface area contributed by atoms with Crippen molar-refractivity contribution in [2.75, 3.05) is 7.11 Å². The number of nitrogens with two attached hydrogens (primary N) is 1. The van der Waals surface area contributed by atoms with Gasteiger partial charge in [0.2, 0.25) is 0 Å². The third kappa shape index (κ3) is 3.10. The Morgan fingerprint density at radius 1 is 1.41 bits per heavy atom. The van der Waals surface area contributed by atoms with Crippen LogP contribution in [-0.2, 0) is 0 Å². The van der Waals surface area contributed by atoms with Gasteiger partial charge in [-0.2, -0.15) is 0 Å². The van der Waals surface area contributed by atoms with E-state index in [2.05, 4.69) is 25.1 Å². The zero-order valence-corrected chi connectivity index (χ0v) is 10.7. The van der Waals surface area contributed by atoms with Gasteiger partial charge in [0.1, 0.15) is 5.75 Å². The summed E-state index contributed by atoms with van der Waals surface area (Å²) in [6.07, 6.45) is 6.82. The molecule has 2 heteroatoms. The summed E-state index contributed by atoms with van der Waals surface area (Å²) in [4.78, 5) is 0. The Kier molecular flexibility index (Phi) is 3.85. The summed E-state index contributed by atoms with van der Waals surface area (Å²) in [5, 5.41) is 0. The molecule has 1 aromatic rings. The largest absolute Gasteiger partial charge is 0.496 e. The van der Waals surface area contributed by atoms with Crippen LogP contribution in [0.25, 0.3) is 6.08 Å². The lowest BCUT2D eigenvalue weighted by atomic mass is 9.90. The van der Waals surface area contributed by atoms with E-state index in [-0.39, 0.29) is 0 Å². The van der Waals surface area contributed by atoms with Crippen LogP contribution in [0.15, 0.2) is 23.8 Å². The molecule has 1 atom stereocenters. The normalized spacial score (nSPS) is 22.8. The molecule has 0 amide bonds. The molecule has 0 radical (unpaired) electrons. The van der Waals surface area contributed by atoms with Crippen LogP contribution in [0.2, 0.25) is 0 Å². The van der Waals surface area contributed by atoms with Gasteiger partial charge >= 0.3 is 0 Å². The third-order valence-electron chi connectivity index (χ3n) is 3.34. The van der Waals surface area contributed by atoms with Crippen molar-refractivity contribution in [2.45, 2.75) is 38.6 Å². The van der Waals surface area contributed by atoms with Crippen molar-refractivity contribution in [2.24, 2.45) is 5.73 Å². The van der Waals surface area contributed by atoms with Gasteiger partial charge < -0.3 is 10.5 Å². The molecule has 0 aromatic heterocycles. The standard InChI is InChI=1S/C15H21NO/c1-11-6-7-15(17-2)13(8-11)9-12-4-3-5-14(16)10-12/h6-9,14H,3-5,10,16H2,1-2H3/b12-9-. The first kappa shape index (κ1) is 12.2. The number of methoxy groups -OCH3 is 1. The fourth-order valence-corrected chi connectivity index (χ4v) is 2.45. The van der Waals surface area contributed by atoms with Crippen LogP contribution in [0.3, 0.4) is 0 Å². The number of aryl methyl sites for hydroxylation is 1. The minimum atomic E-state index is 0.339. The molecule has 2 rings (SSSR count). The van der Waals surface area contributed by atoms with E-state index < -0.39 is 0 Å². The van der Waals surface area contributed by atoms with E-state index in [1.165, 1.54) is 29.5 Å². The van der Waals surface area contributed by atoms with Crippen LogP contribution in [0.5, 0.6) is 5.75 Å². The van der Waals surface area contributed by atoms with Gasteiger partial charge in [0, 0.05) is 11.6 Å². The van der Waals surface area contributed by atoms with E-state index in [0.29, 0.717) is 6.04 Å². The van der Waals surface area contributed by atoms with Gasteiger partial charge in [-0.3, -0.25) is 0 Å². The Labute approximate surface area is 103 Å². The molecule has 92 valence electrons. The molecule has 1 aliphatic rings. The molecule has 1 saturated carbocycles. The van der Waals surface area contributed by atoms with Crippen LogP contribution in [0, 0.1) is 6.92 Å². The summed E-state index contributed by atoms with van der Waals surface area (Å²) < 4.78 is 5.39. The highest BCUT2D eigenvalue weighted by Gasteiger charge is 2.13. The average Bonchev–Trinajstić information content (AvgIpc) is 2.29. The molecule has 0 heterocycles. The zero-order valence-electron chi connectivity index (χ0n) is 10.7. The highest BCUT2D eigenvalue weighted by Crippen LogP contribution is 2.28. The van der Waals surface area contributed by atoms with Gasteiger partial charge in [-0.1, -0.05) is 23.3 Å². The second kappa shape index (κ2) is 5.37. The molecule has 0 bridgehead atoms. The lowest BCUT2D eigenvalue weighted by Gasteiger charge is -2.20. The molecule has 2 nitrogen and oxygen atoms in total. The van der Waals surface area contributed by atoms with E-state index >= 15 is 0 Å². The Balaban J connectivity index is 2.27. The maximum absolute atomic E-state index is 6.01. The average molecular weight is 231 g/mol. The van der Waals surface area contributed by atoms with Crippen LogP contribution < -0.4 is 10.5 Å². The molecule has 1 aliphatic carbocycles. The monoisotopic (exact) mass is 231 g/mol. The first-order chi connectivity index (χ1) is 8.19. The minimum Gasteiger partial charge on any atom is -0.496 e. The van der Waals surface area contributed by atoms with E-state index in [1.807, 2.05) is 6.07 Å². The Morgan fingerprint density at radius 3 is 2.94 bits per heavy atom. The van der Waals surface area contributed by atoms with Gasteiger partial charge in [0.25, 0.3) is 0 Å². The van der Waals surface area contributed by atoms with Crippen molar-refractivity contribution in [3.05, 3.63) is 34.9 Å². The molecule has 1 fully saturated rings. The first-order valence-corrected chi connectivity index (χ1v) is 6.28. The second-order valence-electron chi connectivity index (χ2n) is 4.90. The first-order valence-electron chi connectivity index (χ1n) is 6.28. The molecule has 1 unspecified atom stereocenters. The second-order valence-corrected chi connectivity index (χ2v) is 4.90. The van der Waals surface area contributed by atoms with E-state index in [1.54, 1.807) is 7.11 Å². The number of hydrogen-bond acceptors (Lipinski definition) is 2. The maximum Gasteiger partial charge on any atom is 0.126 e. The van der Waals surface area contributed by atoms with Crippen LogP contribution in [0.1, 0.15) is 36.8 Å². The molecule has 0 spiro atoms. The van der Waals surface area contributed by atoms with Crippen LogP contribution >= 0.6 is 0 Å². The summed E-state index contributed by atoms with van der Waals surface area (Å²) in [5.74, 6) is 0.947. The van der Waals surface area contributed by atoms with Crippen molar-refractivity contribution in [1.29, 1.82) is 0 Å². The molecule has 1 aromatic carbocycles. The van der Waals surface area contributed by atoms with E-state index in [9.17, 15) is 0 Å². The predicted octanol–water partition coefficient (Wildman–Crippen LogP) is 3.29. The SMILES string of the molecule is COc1ccc(C)cc1/C=C1/CCCC(N)C1. The maximum atomic E-state index is 6.01. The Morgan fingerprint density at radius 2 is 2.24 bits per heavy atom. The smallest absolute Gasteiger partial charge is 0.126 e. The Bertz CT molecular complexity index is 423. The number of benzene rings is 1. The quantitative estimate of drug-likeness (QED) is 0.847. The molecule has 0 aliphatic heterocycles. The van der Waals surface area contributed by atoms with Crippen LogP contribution in [-0.4, -0.2) is 13.2 Å². The van der Waals surface area contributed by atoms with Crippen molar-refractivity contribution < 1.29 is 4.74 Å². The highest BCUT2D eigenvalue weighted by molar-refractivity contribution is 5.61. The van der Waals surface area contributed by atoms with Gasteiger partial charge in [-0.25, -0.2) is 0 Å². The van der Waals surface area contributed by atoms with Crippen LogP contribution in [0.4, 0.5) is 0 Å². The van der Waals surface area contributed by atoms with E-state index in [4.69, 9.17) is 10.5 Å². The minimum absolute atomic E-state index is 0.339. The molecule has 0 saturated heterocycles. The van der Waals surface area contributed by atoms with Crippen molar-refractivity contribution >= 4 is 6.08 Å². The van der Waals surface area contributed by atoms with Gasteiger partial charge in [-0.15, -0.1) is 0 Å². The summed E-state index contributed by atoms with van der Waals surface area (Å²) in [6.45, 7) is 2.11. The zero-order chi connectivity index (χ0) is 12.3. The third-order valence-corrected chi connectivity index (χ3v) is 3.34. The summed E-state index contributed by atoms with van der Waals surface area (Å²) in [5.41, 5.74) is 9.90. The van der Waals surface area contributed by atoms with Gasteiger partial charge in [0.05, 0.1) is 7.11 Å². The predicted molar refractivity (Wildman–Crippen MR) is 72.2 cm³/mol. The Hall–Kier alpha value is -1.28. The molecular weight excluding hydrogens is 210 g/mol. The molecule has 2 N–H and O–H groups in total. The summed E-state index contributed by atoms with van der Waals surface area (Å²) in [6, 6.07) is 6.62. The number of rotatable bonds is 2. The summed E-state index contributed by atoms with van der Waals surface area (Å²) >= 11 is 0. The lowest BCUT2D eigenvalue weighted by Crippen LogP contribution is -2.23. The topological polar surface area (TPSA) is 35.2 Å². The number of ether oxygens (including phenoxy) is 1. The van der Waals surface area contributed by atoms with Gasteiger partial charge in [0.15, 0.2) is 0 Å². The van der Waals surface area contributed by atoms with Gasteiger partial charge in [-0.05, 0) is 44.7 Å². The summed E-state index contributed by atoms with van der Waals surface area (Å²) in [7, 11) is 1.72. The van der Waals surface area contributed by atoms with Crippen molar-refractivity contribution in [3.8, 4) is 5.75 Å². The number of hydrogen-bond donors (Lipinski definition) is 1. The van der Waals surface area contributed by atoms with Crippen molar-refractivity contribution in [3.63, 3.8) is 0 Å². The lowest BCUT2D eigenvalue weighted by molar-refractivity contribution is 0.413. The molecular formula is C15H21NO. The molecule has 17 heavy (non-hydrogen) atoms. The fraction of sp³-hybridized carbons (Fsp3) is 0.467. The van der Waals surface area contributed by atoms with E-state index in [0.717, 1.165) is 18.6 Å². The fourth-order valence-electron chi connectivity index (χ4n) is 2.45. The van der Waals surface area contributed by atoms with Crippen molar-refractivity contribution in [1.82, 2.24) is 0 Å². The highest BCUT2D eigenvalue weighted by atomic mass is 16.5.